The van der Waals surface area contributed by atoms with E-state index in [4.69, 9.17) is 23.7 Å². The molecule has 370 valence electrons. The van der Waals surface area contributed by atoms with Crippen molar-refractivity contribution < 1.29 is 50.8 Å². The quantitative estimate of drug-likeness (QED) is 0.0622. The molecule has 4 aliphatic rings. The lowest BCUT2D eigenvalue weighted by Crippen LogP contribution is -2.21. The maximum atomic E-state index is 14.4. The van der Waals surface area contributed by atoms with Gasteiger partial charge in [-0.1, -0.05) is 12.1 Å². The lowest BCUT2D eigenvalue weighted by atomic mass is 10.2. The van der Waals surface area contributed by atoms with Gasteiger partial charge in [0, 0.05) is 81.7 Å². The van der Waals surface area contributed by atoms with Gasteiger partial charge in [0.2, 0.25) is 11.8 Å². The minimum absolute atomic E-state index is 0.0907. The number of benzene rings is 3. The van der Waals surface area contributed by atoms with E-state index in [1.165, 1.54) is 41.2 Å². The van der Waals surface area contributed by atoms with Crippen LogP contribution >= 0.6 is 0 Å². The standard InChI is InChI=1S/C28H28F2N6O4.C20H20F2N6O3/c1-35(15-16-3-5-19(38-2)6-4-16)26-13-24(32-21-11-18(29)12-23-27(21)40-8-7-39-23)34-28-22(14-31-36(26)28)33-25(37)10-17-9-20(17)30;1-23-17-8-16(25-13-6-11(21)7-15-19(13)31-3-2-30-15)27-20-14(9-24-28(17)20)26-18(29)5-10-4-12(10)22/h3-6,11-14,17,20H,7-10,15H2,1-2H3,(H,32,34)(H,33,37);6-10,12,23H,2-5H2,1H3,(H,25,27)(H,26,29)/t17-,20-;10-,12-/m00/s1. The van der Waals surface area contributed by atoms with E-state index in [9.17, 15) is 27.2 Å². The Morgan fingerprint density at radius 1 is 0.704 bits per heavy atom. The van der Waals surface area contributed by atoms with Crippen molar-refractivity contribution in [3.63, 3.8) is 0 Å². The number of hydrogen-bond donors (Lipinski definition) is 5. The highest BCUT2D eigenvalue weighted by Gasteiger charge is 2.40. The van der Waals surface area contributed by atoms with Crippen LogP contribution in [0.25, 0.3) is 11.3 Å². The maximum absolute atomic E-state index is 14.4. The van der Waals surface area contributed by atoms with E-state index in [2.05, 4.69) is 46.7 Å². The molecular weight excluding hydrogens is 933 g/mol. The van der Waals surface area contributed by atoms with Crippen molar-refractivity contribution in [3.05, 3.63) is 90.3 Å². The van der Waals surface area contributed by atoms with Crippen LogP contribution in [0.2, 0.25) is 0 Å². The summed E-state index contributed by atoms with van der Waals surface area (Å²) in [5.41, 5.74) is 3.25. The van der Waals surface area contributed by atoms with Gasteiger partial charge in [-0.25, -0.2) is 27.5 Å². The molecule has 0 bridgehead atoms. The number of alkyl halides is 2. The number of carbonyl (C=O) groups is 2. The summed E-state index contributed by atoms with van der Waals surface area (Å²) in [7, 11) is 5.23. The predicted molar refractivity (Wildman–Crippen MR) is 254 cm³/mol. The predicted octanol–water partition coefficient (Wildman–Crippen LogP) is 7.83. The van der Waals surface area contributed by atoms with E-state index in [1.54, 1.807) is 30.8 Å². The van der Waals surface area contributed by atoms with Crippen LogP contribution in [0, 0.1) is 23.5 Å². The summed E-state index contributed by atoms with van der Waals surface area (Å²) in [6.45, 7) is 1.86. The van der Waals surface area contributed by atoms with Crippen LogP contribution in [0.5, 0.6) is 28.7 Å². The molecule has 19 nitrogen and oxygen atoms in total. The molecule has 6 heterocycles. The molecule has 2 fully saturated rings. The minimum Gasteiger partial charge on any atom is -0.497 e. The smallest absolute Gasteiger partial charge is 0.224 e. The topological polar surface area (TPSA) is 204 Å². The normalized spacial score (nSPS) is 18.2. The number of halogens is 4. The first kappa shape index (κ1) is 46.5. The number of hydrogen-bond acceptors (Lipinski definition) is 15. The van der Waals surface area contributed by atoms with Gasteiger partial charge in [0.15, 0.2) is 34.3 Å². The van der Waals surface area contributed by atoms with Gasteiger partial charge in [-0.05, 0) is 30.5 Å². The Morgan fingerprint density at radius 2 is 1.20 bits per heavy atom. The molecule has 0 spiro atoms. The first-order chi connectivity index (χ1) is 34.4. The molecule has 0 saturated heterocycles. The molecule has 5 N–H and O–H groups in total. The Bertz CT molecular complexity index is 3140. The number of methoxy groups -OCH3 is 1. The molecule has 4 aromatic heterocycles. The van der Waals surface area contributed by atoms with Crippen molar-refractivity contribution in [1.82, 2.24) is 29.2 Å². The Morgan fingerprint density at radius 3 is 1.70 bits per heavy atom. The number of anilines is 8. The van der Waals surface area contributed by atoms with Crippen LogP contribution in [-0.2, 0) is 16.1 Å². The molecule has 2 aliphatic carbocycles. The van der Waals surface area contributed by atoms with Crippen LogP contribution in [0.15, 0.2) is 73.1 Å². The van der Waals surface area contributed by atoms with Crippen LogP contribution < -0.4 is 55.2 Å². The summed E-state index contributed by atoms with van der Waals surface area (Å²) >= 11 is 0. The Kier molecular flexibility index (Phi) is 12.9. The third kappa shape index (κ3) is 10.4. The summed E-state index contributed by atoms with van der Waals surface area (Å²) in [6.07, 6.45) is 2.19. The molecule has 2 aliphatic heterocycles. The third-order valence-electron chi connectivity index (χ3n) is 12.0. The van der Waals surface area contributed by atoms with E-state index >= 15 is 0 Å². The molecule has 0 unspecified atom stereocenters. The average Bonchev–Trinajstić information content (AvgIpc) is 4.13. The third-order valence-corrected chi connectivity index (χ3v) is 12.0. The summed E-state index contributed by atoms with van der Waals surface area (Å²) in [5.74, 6) is 2.08. The number of fused-ring (bicyclic) bond motifs is 4. The number of aromatic nitrogens is 6. The lowest BCUT2D eigenvalue weighted by molar-refractivity contribution is -0.117. The van der Waals surface area contributed by atoms with Gasteiger partial charge in [-0.3, -0.25) is 9.59 Å². The zero-order chi connectivity index (χ0) is 49.3. The van der Waals surface area contributed by atoms with Gasteiger partial charge < -0.3 is 55.2 Å². The van der Waals surface area contributed by atoms with E-state index in [1.807, 2.05) is 36.2 Å². The van der Waals surface area contributed by atoms with Gasteiger partial charge >= 0.3 is 0 Å². The number of rotatable bonds is 15. The second kappa shape index (κ2) is 19.6. The maximum Gasteiger partial charge on any atom is 0.224 e. The fraction of sp³-hybridized carbons (Fsp3) is 0.333. The fourth-order valence-electron chi connectivity index (χ4n) is 8.17. The van der Waals surface area contributed by atoms with E-state index in [-0.39, 0.29) is 36.5 Å². The highest BCUT2D eigenvalue weighted by molar-refractivity contribution is 5.96. The summed E-state index contributed by atoms with van der Waals surface area (Å²) in [5, 5.41) is 23.5. The fourth-order valence-corrected chi connectivity index (χ4v) is 8.17. The van der Waals surface area contributed by atoms with Crippen molar-refractivity contribution in [2.24, 2.45) is 11.8 Å². The molecule has 0 radical (unpaired) electrons. The Labute approximate surface area is 402 Å². The number of amides is 2. The second-order valence-corrected chi connectivity index (χ2v) is 17.3. The molecule has 23 heteroatoms. The summed E-state index contributed by atoms with van der Waals surface area (Å²) in [6, 6.07) is 16.3. The molecule has 3 aromatic carbocycles. The Balaban J connectivity index is 0.000000169. The van der Waals surface area contributed by atoms with Crippen molar-refractivity contribution in [2.45, 2.75) is 44.6 Å². The monoisotopic (exact) mass is 980 g/mol. The highest BCUT2D eigenvalue weighted by Crippen LogP contribution is 2.43. The van der Waals surface area contributed by atoms with E-state index in [0.717, 1.165) is 11.3 Å². The molecular formula is C48H48F4N12O7. The lowest BCUT2D eigenvalue weighted by Gasteiger charge is -2.23. The van der Waals surface area contributed by atoms with Gasteiger partial charge in [0.25, 0.3) is 0 Å². The van der Waals surface area contributed by atoms with Crippen molar-refractivity contribution >= 4 is 69.1 Å². The van der Waals surface area contributed by atoms with E-state index in [0.29, 0.717) is 126 Å². The first-order valence-electron chi connectivity index (χ1n) is 22.8. The average molecular weight is 981 g/mol. The molecule has 2 amide bonds. The van der Waals surface area contributed by atoms with Crippen LogP contribution in [0.1, 0.15) is 31.2 Å². The van der Waals surface area contributed by atoms with Gasteiger partial charge in [-0.15, -0.1) is 0 Å². The van der Waals surface area contributed by atoms with Crippen LogP contribution in [-0.4, -0.2) is 101 Å². The largest absolute Gasteiger partial charge is 0.497 e. The number of nitrogens with zero attached hydrogens (tertiary/aromatic N) is 7. The van der Waals surface area contributed by atoms with Gasteiger partial charge in [-0.2, -0.15) is 19.2 Å². The SMILES string of the molecule is CNc1cc(Nc2cc(F)cc3c2OCCO3)nc2c(NC(=O)C[C@@H]3C[C@@H]3F)cnn12.COc1ccc(CN(C)c2cc(Nc3cc(F)cc4c3OCCO4)nc3c(NC(=O)C[C@@H]4C[C@@H]4F)cnn23)cc1. The summed E-state index contributed by atoms with van der Waals surface area (Å²) < 4.78 is 85.7. The number of carbonyl (C=O) groups excluding carboxylic acids is 2. The van der Waals surface area contributed by atoms with Crippen LogP contribution in [0.4, 0.5) is 63.6 Å². The number of nitrogens with one attached hydrogen (secondary N) is 5. The highest BCUT2D eigenvalue weighted by atomic mass is 19.1. The van der Waals surface area contributed by atoms with Crippen molar-refractivity contribution in [1.29, 1.82) is 0 Å². The molecule has 11 rings (SSSR count). The zero-order valence-electron chi connectivity index (χ0n) is 38.6. The first-order valence-corrected chi connectivity index (χ1v) is 22.8. The van der Waals surface area contributed by atoms with Gasteiger partial charge in [0.1, 0.15) is 90.8 Å². The van der Waals surface area contributed by atoms with Gasteiger partial charge in [0.05, 0.1) is 30.9 Å². The Hall–Kier alpha value is -8.24. The molecule has 4 atom stereocenters. The van der Waals surface area contributed by atoms with E-state index < -0.39 is 24.0 Å². The summed E-state index contributed by atoms with van der Waals surface area (Å²) in [4.78, 5) is 36.0. The van der Waals surface area contributed by atoms with Crippen molar-refractivity contribution in [2.75, 3.05) is 79.1 Å². The minimum atomic E-state index is -0.926. The second-order valence-electron chi connectivity index (χ2n) is 17.3. The molecule has 71 heavy (non-hydrogen) atoms. The van der Waals surface area contributed by atoms with Crippen molar-refractivity contribution in [3.8, 4) is 28.7 Å². The number of ether oxygens (including phenoxy) is 5. The van der Waals surface area contributed by atoms with Crippen LogP contribution in [0.3, 0.4) is 0 Å². The molecule has 7 aromatic rings. The molecule has 2 saturated carbocycles. The zero-order valence-corrected chi connectivity index (χ0v) is 38.6.